The predicted octanol–water partition coefficient (Wildman–Crippen LogP) is 4.17. The summed E-state index contributed by atoms with van der Waals surface area (Å²) in [5, 5.41) is 5.33. The van der Waals surface area contributed by atoms with Crippen LogP contribution in [0.4, 0.5) is 15.2 Å². The Labute approximate surface area is 174 Å². The van der Waals surface area contributed by atoms with Gasteiger partial charge in [-0.25, -0.2) is 17.8 Å². The first-order chi connectivity index (χ1) is 13.1. The molecule has 10 heteroatoms. The van der Waals surface area contributed by atoms with E-state index in [0.29, 0.717) is 11.7 Å². The Morgan fingerprint density at radius 2 is 1.96 bits per heavy atom. The fourth-order valence-electron chi connectivity index (χ4n) is 3.70. The molecule has 0 radical (unpaired) electrons. The molecule has 6 nitrogen and oxygen atoms in total. The van der Waals surface area contributed by atoms with Gasteiger partial charge in [0.1, 0.15) is 16.8 Å². The maximum Gasteiger partial charge on any atom is 0.266 e. The Morgan fingerprint density at radius 3 is 2.61 bits per heavy atom. The lowest BCUT2D eigenvalue weighted by molar-refractivity contribution is -0.897. The molecular formula is C18H25ClFN4O2S2+. The smallest absolute Gasteiger partial charge is 0.266 e. The van der Waals surface area contributed by atoms with E-state index in [4.69, 9.17) is 11.6 Å². The number of thiazole rings is 1. The van der Waals surface area contributed by atoms with Gasteiger partial charge in [0.05, 0.1) is 37.9 Å². The van der Waals surface area contributed by atoms with Crippen molar-refractivity contribution in [1.82, 2.24) is 4.98 Å². The molecule has 154 valence electrons. The number of sulfonamides is 1. The summed E-state index contributed by atoms with van der Waals surface area (Å²) in [5.41, 5.74) is 0.415. The van der Waals surface area contributed by atoms with Crippen molar-refractivity contribution in [3.8, 4) is 0 Å². The van der Waals surface area contributed by atoms with E-state index in [-0.39, 0.29) is 16.2 Å². The van der Waals surface area contributed by atoms with Crippen LogP contribution in [0.3, 0.4) is 0 Å². The minimum Gasteiger partial charge on any atom is -0.375 e. The fraction of sp³-hybridized carbons (Fsp3) is 0.500. The first-order valence-corrected chi connectivity index (χ1v) is 11.8. The van der Waals surface area contributed by atoms with Gasteiger partial charge in [-0.3, -0.25) is 4.72 Å². The second-order valence-corrected chi connectivity index (χ2v) is 10.9. The number of anilines is 2. The fourth-order valence-corrected chi connectivity index (χ4v) is 5.85. The standard InChI is InChI=1S/C18H25ClFN4O2S2/c1-24(2,3)16-7-5-4-6-14(16)22-15-11-13(20)17(10-12(15)19)28(25,26)23-18-21-8-9-27-18/h8-11,14,16,22H,4-7H2,1-3H3,(H,21,23)/q+1/t14-,16-/m0/s1. The van der Waals surface area contributed by atoms with Gasteiger partial charge in [0.25, 0.3) is 10.0 Å². The van der Waals surface area contributed by atoms with E-state index in [1.54, 1.807) is 5.38 Å². The number of likely N-dealkylation sites (N-methyl/N-ethyl adjacent to an activating group) is 1. The van der Waals surface area contributed by atoms with Crippen LogP contribution in [0.1, 0.15) is 25.7 Å². The highest BCUT2D eigenvalue weighted by molar-refractivity contribution is 7.93. The number of nitrogens with one attached hydrogen (secondary N) is 2. The van der Waals surface area contributed by atoms with Crippen LogP contribution >= 0.6 is 22.9 Å². The predicted molar refractivity (Wildman–Crippen MR) is 112 cm³/mol. The zero-order valence-corrected chi connectivity index (χ0v) is 18.5. The SMILES string of the molecule is C[N+](C)(C)[C@H]1CCCC[C@@H]1Nc1cc(F)c(S(=O)(=O)Nc2nccs2)cc1Cl. The van der Waals surface area contributed by atoms with E-state index in [2.05, 4.69) is 36.2 Å². The molecule has 1 aromatic heterocycles. The van der Waals surface area contributed by atoms with Crippen LogP contribution in [0.25, 0.3) is 0 Å². The van der Waals surface area contributed by atoms with Gasteiger partial charge in [0.2, 0.25) is 0 Å². The molecule has 1 aliphatic rings. The van der Waals surface area contributed by atoms with Gasteiger partial charge >= 0.3 is 0 Å². The molecule has 2 atom stereocenters. The van der Waals surface area contributed by atoms with Gasteiger partial charge in [-0.2, -0.15) is 0 Å². The summed E-state index contributed by atoms with van der Waals surface area (Å²) < 4.78 is 42.7. The van der Waals surface area contributed by atoms with Gasteiger partial charge in [-0.05, 0) is 25.0 Å². The van der Waals surface area contributed by atoms with Crippen molar-refractivity contribution in [3.05, 3.63) is 34.5 Å². The number of nitrogens with zero attached hydrogens (tertiary/aromatic N) is 2. The molecule has 1 heterocycles. The summed E-state index contributed by atoms with van der Waals surface area (Å²) in [6, 6.07) is 2.82. The number of halogens is 2. The maximum absolute atomic E-state index is 14.7. The zero-order valence-electron chi connectivity index (χ0n) is 16.1. The minimum atomic E-state index is -4.11. The van der Waals surface area contributed by atoms with Crippen LogP contribution in [0.15, 0.2) is 28.6 Å². The van der Waals surface area contributed by atoms with Crippen LogP contribution in [-0.4, -0.2) is 51.1 Å². The summed E-state index contributed by atoms with van der Waals surface area (Å²) in [7, 11) is 2.32. The number of quaternary nitrogens is 1. The Hall–Kier alpha value is -1.42. The van der Waals surface area contributed by atoms with Crippen LogP contribution in [-0.2, 0) is 10.0 Å². The summed E-state index contributed by atoms with van der Waals surface area (Å²) in [6.07, 6.45) is 5.76. The highest BCUT2D eigenvalue weighted by Crippen LogP contribution is 2.33. The Bertz CT molecular complexity index is 930. The van der Waals surface area contributed by atoms with Crippen molar-refractivity contribution in [2.24, 2.45) is 0 Å². The zero-order chi connectivity index (χ0) is 20.5. The number of aromatic nitrogens is 1. The van der Waals surface area contributed by atoms with Crippen molar-refractivity contribution in [2.75, 3.05) is 31.2 Å². The van der Waals surface area contributed by atoms with E-state index in [1.165, 1.54) is 18.7 Å². The number of rotatable bonds is 6. The average molecular weight is 448 g/mol. The van der Waals surface area contributed by atoms with Crippen molar-refractivity contribution >= 4 is 43.8 Å². The highest BCUT2D eigenvalue weighted by Gasteiger charge is 2.35. The molecule has 2 aromatic rings. The van der Waals surface area contributed by atoms with Crippen molar-refractivity contribution in [1.29, 1.82) is 0 Å². The van der Waals surface area contributed by atoms with Crippen molar-refractivity contribution in [3.63, 3.8) is 0 Å². The van der Waals surface area contributed by atoms with Gasteiger partial charge < -0.3 is 9.80 Å². The summed E-state index contributed by atoms with van der Waals surface area (Å²) >= 11 is 7.44. The Morgan fingerprint density at radius 1 is 1.25 bits per heavy atom. The molecule has 1 saturated carbocycles. The summed E-state index contributed by atoms with van der Waals surface area (Å²) in [4.78, 5) is 3.37. The van der Waals surface area contributed by atoms with Gasteiger partial charge in [0.15, 0.2) is 5.13 Å². The van der Waals surface area contributed by atoms with Crippen molar-refractivity contribution < 1.29 is 17.3 Å². The largest absolute Gasteiger partial charge is 0.375 e. The van der Waals surface area contributed by atoms with Gasteiger partial charge in [-0.1, -0.05) is 18.0 Å². The van der Waals surface area contributed by atoms with E-state index >= 15 is 0 Å². The number of hydrogen-bond acceptors (Lipinski definition) is 5. The van der Waals surface area contributed by atoms with E-state index in [0.717, 1.165) is 41.1 Å². The van der Waals surface area contributed by atoms with Gasteiger partial charge in [0, 0.05) is 18.0 Å². The molecule has 0 saturated heterocycles. The molecule has 3 rings (SSSR count). The maximum atomic E-state index is 14.7. The van der Waals surface area contributed by atoms with Crippen molar-refractivity contribution in [2.45, 2.75) is 42.7 Å². The molecule has 1 fully saturated rings. The topological polar surface area (TPSA) is 71.1 Å². The molecule has 1 aromatic carbocycles. The second-order valence-electron chi connectivity index (χ2n) is 7.92. The molecule has 0 amide bonds. The Kier molecular flexibility index (Phi) is 6.19. The highest BCUT2D eigenvalue weighted by atomic mass is 35.5. The van der Waals surface area contributed by atoms with Crippen LogP contribution in [0.2, 0.25) is 5.02 Å². The summed E-state index contributed by atoms with van der Waals surface area (Å²) in [6.45, 7) is 0. The molecule has 0 aliphatic heterocycles. The van der Waals surface area contributed by atoms with E-state index in [1.807, 2.05) is 0 Å². The molecule has 28 heavy (non-hydrogen) atoms. The lowest BCUT2D eigenvalue weighted by Gasteiger charge is -2.42. The van der Waals surface area contributed by atoms with Crippen LogP contribution in [0.5, 0.6) is 0 Å². The lowest BCUT2D eigenvalue weighted by atomic mass is 9.88. The second kappa shape index (κ2) is 8.14. The van der Waals surface area contributed by atoms with Crippen LogP contribution < -0.4 is 10.0 Å². The number of benzene rings is 1. The Balaban J connectivity index is 1.85. The van der Waals surface area contributed by atoms with Gasteiger partial charge in [-0.15, -0.1) is 11.3 Å². The van der Waals surface area contributed by atoms with E-state index in [9.17, 15) is 12.8 Å². The molecule has 0 bridgehead atoms. The monoisotopic (exact) mass is 447 g/mol. The molecule has 2 N–H and O–H groups in total. The molecule has 1 aliphatic carbocycles. The first-order valence-electron chi connectivity index (χ1n) is 9.07. The third kappa shape index (κ3) is 4.76. The number of hydrogen-bond donors (Lipinski definition) is 2. The van der Waals surface area contributed by atoms with Crippen LogP contribution in [0, 0.1) is 5.82 Å². The molecule has 0 spiro atoms. The first kappa shape index (κ1) is 21.3. The minimum absolute atomic E-state index is 0.140. The lowest BCUT2D eigenvalue weighted by Crippen LogP contribution is -2.55. The third-order valence-corrected chi connectivity index (χ3v) is 7.51. The molecule has 0 unspecified atom stereocenters. The summed E-state index contributed by atoms with van der Waals surface area (Å²) in [5.74, 6) is -0.853. The molecular weight excluding hydrogens is 423 g/mol. The quantitative estimate of drug-likeness (QED) is 0.652. The third-order valence-electron chi connectivity index (χ3n) is 5.03. The van der Waals surface area contributed by atoms with E-state index < -0.39 is 20.7 Å². The average Bonchev–Trinajstić information content (AvgIpc) is 3.09. The normalized spacial score (nSPS) is 20.8.